The lowest BCUT2D eigenvalue weighted by atomic mass is 10.1. The smallest absolute Gasteiger partial charge is 0.259 e. The van der Waals surface area contributed by atoms with E-state index in [-0.39, 0.29) is 11.4 Å². The molecule has 22 heavy (non-hydrogen) atoms. The molecule has 0 saturated heterocycles. The van der Waals surface area contributed by atoms with Gasteiger partial charge in [0.25, 0.3) is 0 Å². The minimum absolute atomic E-state index is 0.0335. The number of halogens is 3. The van der Waals surface area contributed by atoms with Crippen LogP contribution in [0.2, 0.25) is 0 Å². The zero-order valence-electron chi connectivity index (χ0n) is 11.6. The maximum absolute atomic E-state index is 13.1. The van der Waals surface area contributed by atoms with E-state index in [1.54, 1.807) is 0 Å². The Morgan fingerprint density at radius 3 is 2.23 bits per heavy atom. The standard InChI is InChI=1S/C16H12F3N3/c1-10-6-2-3-7-11(10)14-20-15(22-21-14)12-8-4-5-9-13(12)16(17,18)19/h2-9H,1H3,(H,20,21,22). The van der Waals surface area contributed by atoms with Gasteiger partial charge in [0.15, 0.2) is 11.6 Å². The maximum atomic E-state index is 13.1. The second-order valence-corrected chi connectivity index (χ2v) is 4.87. The average molecular weight is 303 g/mol. The molecule has 0 atom stereocenters. The van der Waals surface area contributed by atoms with E-state index in [2.05, 4.69) is 15.2 Å². The van der Waals surface area contributed by atoms with Crippen molar-refractivity contribution in [2.45, 2.75) is 13.1 Å². The van der Waals surface area contributed by atoms with Gasteiger partial charge in [0.2, 0.25) is 0 Å². The highest BCUT2D eigenvalue weighted by atomic mass is 19.4. The molecule has 1 N–H and O–H groups in total. The van der Waals surface area contributed by atoms with Crippen LogP contribution in [0.5, 0.6) is 0 Å². The van der Waals surface area contributed by atoms with Gasteiger partial charge in [-0.05, 0) is 18.6 Å². The molecule has 0 aliphatic heterocycles. The van der Waals surface area contributed by atoms with Crippen molar-refractivity contribution in [2.24, 2.45) is 0 Å². The van der Waals surface area contributed by atoms with E-state index in [0.717, 1.165) is 17.2 Å². The Hall–Kier alpha value is -2.63. The highest BCUT2D eigenvalue weighted by Crippen LogP contribution is 2.36. The molecule has 0 fully saturated rings. The lowest BCUT2D eigenvalue weighted by Gasteiger charge is -2.09. The van der Waals surface area contributed by atoms with Gasteiger partial charge < -0.3 is 0 Å². The van der Waals surface area contributed by atoms with Gasteiger partial charge >= 0.3 is 6.18 Å². The van der Waals surface area contributed by atoms with E-state index in [4.69, 9.17) is 0 Å². The molecule has 6 heteroatoms. The van der Waals surface area contributed by atoms with Gasteiger partial charge in [-0.3, -0.25) is 5.10 Å². The monoisotopic (exact) mass is 303 g/mol. The summed E-state index contributed by atoms with van der Waals surface area (Å²) in [6.07, 6.45) is -4.44. The number of nitrogens with one attached hydrogen (secondary N) is 1. The normalized spacial score (nSPS) is 11.6. The molecule has 3 nitrogen and oxygen atoms in total. The zero-order chi connectivity index (χ0) is 15.7. The molecule has 0 amide bonds. The third-order valence-electron chi connectivity index (χ3n) is 3.36. The molecule has 3 rings (SSSR count). The van der Waals surface area contributed by atoms with Crippen molar-refractivity contribution in [3.63, 3.8) is 0 Å². The number of hydrogen-bond donors (Lipinski definition) is 1. The third kappa shape index (κ3) is 2.59. The first-order valence-corrected chi connectivity index (χ1v) is 6.62. The molecule has 1 heterocycles. The highest BCUT2D eigenvalue weighted by molar-refractivity contribution is 5.66. The molecule has 3 aromatic rings. The second kappa shape index (κ2) is 5.29. The Morgan fingerprint density at radius 2 is 1.55 bits per heavy atom. The molecular formula is C16H12F3N3. The fourth-order valence-corrected chi connectivity index (χ4v) is 2.27. The fourth-order valence-electron chi connectivity index (χ4n) is 2.27. The molecule has 112 valence electrons. The number of rotatable bonds is 2. The minimum Gasteiger partial charge on any atom is -0.259 e. The number of nitrogens with zero attached hydrogens (tertiary/aromatic N) is 2. The molecule has 0 bridgehead atoms. The molecule has 0 aliphatic carbocycles. The number of aromatic nitrogens is 3. The largest absolute Gasteiger partial charge is 0.417 e. The van der Waals surface area contributed by atoms with E-state index in [9.17, 15) is 13.2 Å². The summed E-state index contributed by atoms with van der Waals surface area (Å²) in [6.45, 7) is 1.90. The van der Waals surface area contributed by atoms with Crippen molar-refractivity contribution in [2.75, 3.05) is 0 Å². The lowest BCUT2D eigenvalue weighted by molar-refractivity contribution is -0.137. The van der Waals surface area contributed by atoms with Crippen LogP contribution >= 0.6 is 0 Å². The van der Waals surface area contributed by atoms with Gasteiger partial charge in [0.05, 0.1) is 5.56 Å². The van der Waals surface area contributed by atoms with Gasteiger partial charge in [-0.15, -0.1) is 0 Å². The summed E-state index contributed by atoms with van der Waals surface area (Å²) >= 11 is 0. The average Bonchev–Trinajstić information content (AvgIpc) is 2.96. The van der Waals surface area contributed by atoms with Crippen LogP contribution < -0.4 is 0 Å². The molecule has 0 radical (unpaired) electrons. The van der Waals surface area contributed by atoms with Crippen LogP contribution in [-0.4, -0.2) is 15.2 Å². The number of hydrogen-bond acceptors (Lipinski definition) is 2. The lowest BCUT2D eigenvalue weighted by Crippen LogP contribution is -2.07. The number of benzene rings is 2. The molecule has 0 spiro atoms. The van der Waals surface area contributed by atoms with Crippen molar-refractivity contribution in [3.05, 3.63) is 59.7 Å². The number of H-pyrrole nitrogens is 1. The van der Waals surface area contributed by atoms with Crippen LogP contribution in [0.4, 0.5) is 13.2 Å². The van der Waals surface area contributed by atoms with Crippen molar-refractivity contribution in [3.8, 4) is 22.8 Å². The summed E-state index contributed by atoms with van der Waals surface area (Å²) in [7, 11) is 0. The van der Waals surface area contributed by atoms with E-state index in [1.807, 2.05) is 31.2 Å². The fraction of sp³-hybridized carbons (Fsp3) is 0.125. The van der Waals surface area contributed by atoms with Crippen molar-refractivity contribution in [1.82, 2.24) is 15.2 Å². The first-order valence-electron chi connectivity index (χ1n) is 6.62. The molecule has 0 unspecified atom stereocenters. The van der Waals surface area contributed by atoms with Crippen LogP contribution in [-0.2, 0) is 6.18 Å². The summed E-state index contributed by atoms with van der Waals surface area (Å²) in [5.74, 6) is 0.483. The maximum Gasteiger partial charge on any atom is 0.417 e. The van der Waals surface area contributed by atoms with Gasteiger partial charge in [-0.1, -0.05) is 42.5 Å². The van der Waals surface area contributed by atoms with E-state index >= 15 is 0 Å². The van der Waals surface area contributed by atoms with Gasteiger partial charge in [-0.25, -0.2) is 4.98 Å². The van der Waals surface area contributed by atoms with Gasteiger partial charge in [0, 0.05) is 11.1 Å². The van der Waals surface area contributed by atoms with Crippen LogP contribution in [0.15, 0.2) is 48.5 Å². The Kier molecular flexibility index (Phi) is 3.44. The summed E-state index contributed by atoms with van der Waals surface area (Å²) in [5.41, 5.74) is 0.997. The minimum atomic E-state index is -4.44. The predicted octanol–water partition coefficient (Wildman–Crippen LogP) is 4.47. The molecule has 0 saturated carbocycles. The number of aromatic amines is 1. The van der Waals surface area contributed by atoms with Gasteiger partial charge in [0.1, 0.15) is 0 Å². The Morgan fingerprint density at radius 1 is 0.909 bits per heavy atom. The predicted molar refractivity (Wildman–Crippen MR) is 77.0 cm³/mol. The summed E-state index contributed by atoms with van der Waals surface area (Å²) in [6, 6.07) is 12.8. The van der Waals surface area contributed by atoms with Crippen LogP contribution in [0.3, 0.4) is 0 Å². The van der Waals surface area contributed by atoms with E-state index < -0.39 is 11.7 Å². The van der Waals surface area contributed by atoms with E-state index in [1.165, 1.54) is 18.2 Å². The first kappa shape index (κ1) is 14.3. The first-order chi connectivity index (χ1) is 10.5. The van der Waals surface area contributed by atoms with Crippen LogP contribution in [0, 0.1) is 6.92 Å². The molecule has 1 aromatic heterocycles. The zero-order valence-corrected chi connectivity index (χ0v) is 11.6. The summed E-state index contributed by atoms with van der Waals surface area (Å²) < 4.78 is 39.2. The molecular weight excluding hydrogens is 291 g/mol. The second-order valence-electron chi connectivity index (χ2n) is 4.87. The van der Waals surface area contributed by atoms with Crippen molar-refractivity contribution >= 4 is 0 Å². The van der Waals surface area contributed by atoms with Crippen LogP contribution in [0.1, 0.15) is 11.1 Å². The third-order valence-corrected chi connectivity index (χ3v) is 3.36. The molecule has 2 aromatic carbocycles. The topological polar surface area (TPSA) is 41.6 Å². The van der Waals surface area contributed by atoms with Crippen LogP contribution in [0.25, 0.3) is 22.8 Å². The van der Waals surface area contributed by atoms with Crippen molar-refractivity contribution in [1.29, 1.82) is 0 Å². The van der Waals surface area contributed by atoms with Crippen molar-refractivity contribution < 1.29 is 13.2 Å². The molecule has 0 aliphatic rings. The summed E-state index contributed by atoms with van der Waals surface area (Å²) in [4.78, 5) is 4.22. The van der Waals surface area contributed by atoms with E-state index in [0.29, 0.717) is 5.82 Å². The SMILES string of the molecule is Cc1ccccc1-c1nc(-c2ccccc2C(F)(F)F)n[nH]1. The highest BCUT2D eigenvalue weighted by Gasteiger charge is 2.34. The Labute approximate surface area is 124 Å². The Balaban J connectivity index is 2.08. The quantitative estimate of drug-likeness (QED) is 0.759. The van der Waals surface area contributed by atoms with Gasteiger partial charge in [-0.2, -0.15) is 18.3 Å². The number of alkyl halides is 3. The Bertz CT molecular complexity index is 806. The summed E-state index contributed by atoms with van der Waals surface area (Å²) in [5, 5.41) is 6.65. The number of aryl methyl sites for hydroxylation is 1.